The first-order chi connectivity index (χ1) is 18.8. The Hall–Kier alpha value is -1.73. The van der Waals surface area contributed by atoms with Crippen LogP contribution in [0.4, 0.5) is 0 Å². The van der Waals surface area contributed by atoms with Gasteiger partial charge in [0.2, 0.25) is 0 Å². The largest absolute Gasteiger partial charge is 0.362 e. The minimum atomic E-state index is -0.894. The minimum absolute atomic E-state index is 0.00922. The Bertz CT molecular complexity index is 1200. The number of Topliss-reactive ketones (excluding diaryl/α,β-unsaturated/α-hetero) is 1. The van der Waals surface area contributed by atoms with Gasteiger partial charge in [0.25, 0.3) is 0 Å². The van der Waals surface area contributed by atoms with Crippen LogP contribution < -0.4 is 0 Å². The molecule has 1 unspecified atom stereocenters. The summed E-state index contributed by atoms with van der Waals surface area (Å²) in [5.41, 5.74) is -1.34. The number of nitrogens with zero attached hydrogens (tertiary/aromatic N) is 1. The van der Waals surface area contributed by atoms with Crippen LogP contribution in [-0.2, 0) is 14.3 Å². The maximum Gasteiger partial charge on any atom is 0.188 e. The van der Waals surface area contributed by atoms with E-state index in [1.54, 1.807) is 0 Å². The van der Waals surface area contributed by atoms with Crippen LogP contribution in [0.2, 0.25) is 0 Å². The highest BCUT2D eigenvalue weighted by Gasteiger charge is 2.71. The maximum absolute atomic E-state index is 15.0. The average molecular weight is 564 g/mol. The summed E-state index contributed by atoms with van der Waals surface area (Å²) in [5, 5.41) is 10.0. The van der Waals surface area contributed by atoms with Gasteiger partial charge in [0.05, 0.1) is 11.7 Å². The van der Waals surface area contributed by atoms with Crippen molar-refractivity contribution in [2.45, 2.75) is 152 Å². The summed E-state index contributed by atoms with van der Waals surface area (Å²) in [4.78, 5) is 28.4. The number of hydrogen-bond acceptors (Lipinski definition) is 4. The molecular weight excluding hydrogens is 506 g/mol. The number of rotatable bonds is 6. The van der Waals surface area contributed by atoms with E-state index in [-0.39, 0.29) is 45.4 Å². The fourth-order valence-corrected chi connectivity index (χ4v) is 9.70. The molecule has 0 N–H and O–H groups in total. The van der Waals surface area contributed by atoms with Gasteiger partial charge in [-0.15, -0.1) is 0 Å². The van der Waals surface area contributed by atoms with E-state index in [0.29, 0.717) is 0 Å². The zero-order valence-corrected chi connectivity index (χ0v) is 28.1. The van der Waals surface area contributed by atoms with Gasteiger partial charge in [-0.25, -0.2) is 0 Å². The zero-order valence-electron chi connectivity index (χ0n) is 28.1. The monoisotopic (exact) mass is 563 g/mol. The van der Waals surface area contributed by atoms with Crippen molar-refractivity contribution in [2.24, 2.45) is 38.4 Å². The SMILES string of the molecule is CCCCC1O[C@]2(CCC(C)(C)C)C(=O)C=C3[C@@]4(C)C=C(C#N)C(=O)C(C)(C)[C@@H]4CC[C@@]3(C)[C@]2(C)CC[C@]1(C)CC. The molecule has 0 bridgehead atoms. The van der Waals surface area contributed by atoms with Crippen molar-refractivity contribution in [1.82, 2.24) is 0 Å². The number of unbranched alkanes of at least 4 members (excludes halogenated alkanes) is 1. The summed E-state index contributed by atoms with van der Waals surface area (Å²) in [6, 6.07) is 2.23. The smallest absolute Gasteiger partial charge is 0.188 e. The number of carbonyl (C=O) groups excluding carboxylic acids is 2. The van der Waals surface area contributed by atoms with Gasteiger partial charge in [-0.1, -0.05) is 95.1 Å². The Kier molecular flexibility index (Phi) is 7.99. The zero-order chi connectivity index (χ0) is 30.9. The van der Waals surface area contributed by atoms with Crippen LogP contribution >= 0.6 is 0 Å². The van der Waals surface area contributed by atoms with Crippen molar-refractivity contribution in [2.75, 3.05) is 0 Å². The van der Waals surface area contributed by atoms with E-state index in [2.05, 4.69) is 68.4 Å². The lowest BCUT2D eigenvalue weighted by Gasteiger charge is -2.67. The number of carbonyl (C=O) groups is 2. The quantitative estimate of drug-likeness (QED) is 0.323. The first-order valence-electron chi connectivity index (χ1n) is 16.4. The van der Waals surface area contributed by atoms with Crippen LogP contribution in [-0.4, -0.2) is 23.3 Å². The third-order valence-corrected chi connectivity index (χ3v) is 13.1. The van der Waals surface area contributed by atoms with E-state index in [1.165, 1.54) is 0 Å². The molecule has 4 rings (SSSR count). The predicted octanol–water partition coefficient (Wildman–Crippen LogP) is 9.33. The van der Waals surface area contributed by atoms with Crippen molar-refractivity contribution in [1.29, 1.82) is 5.26 Å². The van der Waals surface area contributed by atoms with Crippen molar-refractivity contribution < 1.29 is 14.3 Å². The van der Waals surface area contributed by atoms with Crippen LogP contribution in [0.5, 0.6) is 0 Å². The number of hydrogen-bond donors (Lipinski definition) is 0. The second-order valence-corrected chi connectivity index (χ2v) is 16.8. The molecule has 4 heteroatoms. The highest BCUT2D eigenvalue weighted by molar-refractivity contribution is 6.05. The van der Waals surface area contributed by atoms with Gasteiger partial charge in [-0.2, -0.15) is 5.26 Å². The van der Waals surface area contributed by atoms with Crippen molar-refractivity contribution in [3.63, 3.8) is 0 Å². The lowest BCUT2D eigenvalue weighted by Crippen LogP contribution is -2.68. The molecule has 2 fully saturated rings. The summed E-state index contributed by atoms with van der Waals surface area (Å²) in [7, 11) is 0. The van der Waals surface area contributed by atoms with E-state index >= 15 is 0 Å². The van der Waals surface area contributed by atoms with Crippen LogP contribution in [0.15, 0.2) is 23.3 Å². The number of nitriles is 1. The topological polar surface area (TPSA) is 67.2 Å². The van der Waals surface area contributed by atoms with E-state index in [0.717, 1.165) is 69.8 Å². The van der Waals surface area contributed by atoms with Gasteiger partial charge >= 0.3 is 0 Å². The molecule has 1 aliphatic heterocycles. The Morgan fingerprint density at radius 1 is 1.02 bits per heavy atom. The second kappa shape index (κ2) is 10.2. The van der Waals surface area contributed by atoms with Crippen LogP contribution in [0.3, 0.4) is 0 Å². The molecule has 0 amide bonds. The standard InChI is InChI=1S/C37H57NO3/c1-12-14-15-29-33(8,13-2)19-20-36(11)35(10)17-16-26-32(6,7)30(40)25(24-38)23-34(26,9)27(35)22-28(39)37(36,41-29)21-18-31(3,4)5/h22-23,26,29H,12-21H2,1-11H3/t26-,29?,33-,34-,35+,36-,37+/m0/s1. The molecule has 0 aromatic heterocycles. The molecule has 1 heterocycles. The van der Waals surface area contributed by atoms with Crippen LogP contribution in [0.25, 0.3) is 0 Å². The lowest BCUT2D eigenvalue weighted by molar-refractivity contribution is -0.215. The van der Waals surface area contributed by atoms with Gasteiger partial charge in [0.1, 0.15) is 11.7 Å². The first kappa shape index (κ1) is 32.2. The molecule has 41 heavy (non-hydrogen) atoms. The van der Waals surface area contributed by atoms with Gasteiger partial charge in [-0.05, 0) is 85.2 Å². The van der Waals surface area contributed by atoms with Gasteiger partial charge in [0.15, 0.2) is 11.6 Å². The molecule has 1 saturated heterocycles. The van der Waals surface area contributed by atoms with Crippen molar-refractivity contribution >= 4 is 11.6 Å². The van der Waals surface area contributed by atoms with E-state index < -0.39 is 21.8 Å². The van der Waals surface area contributed by atoms with E-state index in [4.69, 9.17) is 4.74 Å². The molecular formula is C37H57NO3. The molecule has 4 aliphatic rings. The number of ether oxygens (including phenoxy) is 1. The Balaban J connectivity index is 1.99. The maximum atomic E-state index is 15.0. The molecule has 0 aromatic carbocycles. The molecule has 1 saturated carbocycles. The molecule has 3 aliphatic carbocycles. The summed E-state index contributed by atoms with van der Waals surface area (Å²) >= 11 is 0. The average Bonchev–Trinajstić information content (AvgIpc) is 2.99. The van der Waals surface area contributed by atoms with Gasteiger partial charge in [-0.3, -0.25) is 9.59 Å². The minimum Gasteiger partial charge on any atom is -0.362 e. The van der Waals surface area contributed by atoms with Crippen molar-refractivity contribution in [3.05, 3.63) is 23.3 Å². The summed E-state index contributed by atoms with van der Waals surface area (Å²) in [6.45, 7) is 24.7. The highest BCUT2D eigenvalue weighted by Crippen LogP contribution is 2.73. The van der Waals surface area contributed by atoms with E-state index in [1.807, 2.05) is 26.0 Å². The molecule has 7 atom stereocenters. The molecule has 0 radical (unpaired) electrons. The summed E-state index contributed by atoms with van der Waals surface area (Å²) in [5.74, 6) is 0.0965. The number of ketones is 2. The molecule has 0 aromatic rings. The van der Waals surface area contributed by atoms with E-state index in [9.17, 15) is 14.9 Å². The third-order valence-electron chi connectivity index (χ3n) is 13.1. The first-order valence-corrected chi connectivity index (χ1v) is 16.4. The van der Waals surface area contributed by atoms with Gasteiger partial charge in [0, 0.05) is 16.2 Å². The second-order valence-electron chi connectivity index (χ2n) is 16.8. The molecule has 4 nitrogen and oxygen atoms in total. The Morgan fingerprint density at radius 3 is 2.24 bits per heavy atom. The normalized spacial score (nSPS) is 42.2. The Labute approximate surface area is 250 Å². The Morgan fingerprint density at radius 2 is 1.68 bits per heavy atom. The molecule has 0 spiro atoms. The summed E-state index contributed by atoms with van der Waals surface area (Å²) in [6.07, 6.45) is 13.6. The molecule has 228 valence electrons. The van der Waals surface area contributed by atoms with Crippen LogP contribution in [0, 0.1) is 49.7 Å². The van der Waals surface area contributed by atoms with Crippen LogP contribution in [0.1, 0.15) is 140 Å². The fraction of sp³-hybridized carbons (Fsp3) is 0.811. The predicted molar refractivity (Wildman–Crippen MR) is 166 cm³/mol. The number of fused-ring (bicyclic) bond motifs is 5. The van der Waals surface area contributed by atoms with Gasteiger partial charge < -0.3 is 4.74 Å². The fourth-order valence-electron chi connectivity index (χ4n) is 9.70. The van der Waals surface area contributed by atoms with Crippen molar-refractivity contribution in [3.8, 4) is 6.07 Å². The third kappa shape index (κ3) is 4.54. The number of allylic oxidation sites excluding steroid dienone is 3. The summed E-state index contributed by atoms with van der Waals surface area (Å²) < 4.78 is 7.49. The lowest BCUT2D eigenvalue weighted by atomic mass is 9.37. The highest BCUT2D eigenvalue weighted by atomic mass is 16.5.